The van der Waals surface area contributed by atoms with Crippen LogP contribution in [0.5, 0.6) is 0 Å². The van der Waals surface area contributed by atoms with Crippen LogP contribution in [0.4, 0.5) is 0 Å². The van der Waals surface area contributed by atoms with Gasteiger partial charge in [-0.3, -0.25) is 0 Å². The maximum absolute atomic E-state index is 5.68. The number of rotatable bonds is 1. The molecule has 2 fully saturated rings. The third-order valence-corrected chi connectivity index (χ3v) is 3.80. The molecule has 0 heterocycles. The Bertz CT molecular complexity index is 141. The fourth-order valence-corrected chi connectivity index (χ4v) is 3.11. The summed E-state index contributed by atoms with van der Waals surface area (Å²) in [6.45, 7) is 0.932. The van der Waals surface area contributed by atoms with Crippen LogP contribution in [0.3, 0.4) is 0 Å². The van der Waals surface area contributed by atoms with Crippen molar-refractivity contribution in [3.05, 3.63) is 0 Å². The maximum Gasteiger partial charge on any atom is -0.00487 e. The first kappa shape index (κ1) is 10.3. The molecule has 2 heteroatoms. The molecular weight excluding hydrogens is 170 g/mol. The van der Waals surface area contributed by atoms with Gasteiger partial charge in [-0.15, -0.1) is 12.4 Å². The van der Waals surface area contributed by atoms with Gasteiger partial charge >= 0.3 is 0 Å². The van der Waals surface area contributed by atoms with Crippen molar-refractivity contribution in [2.75, 3.05) is 6.54 Å². The summed E-state index contributed by atoms with van der Waals surface area (Å²) in [4.78, 5) is 0. The highest BCUT2D eigenvalue weighted by Gasteiger charge is 2.40. The molecule has 1 atom stereocenters. The standard InChI is InChI=1S/C10H19N.ClH/c11-8-9-3-6-10(7-9)4-1-2-5-10;/h9H,1-8,11H2;1H. The second-order valence-electron chi connectivity index (χ2n) is 4.55. The molecule has 0 aliphatic heterocycles. The second-order valence-corrected chi connectivity index (χ2v) is 4.55. The molecule has 72 valence electrons. The Morgan fingerprint density at radius 2 is 1.83 bits per heavy atom. The number of hydrogen-bond acceptors (Lipinski definition) is 1. The first-order valence-electron chi connectivity index (χ1n) is 5.05. The zero-order valence-electron chi connectivity index (χ0n) is 7.72. The van der Waals surface area contributed by atoms with Gasteiger partial charge in [-0.05, 0) is 50.0 Å². The number of halogens is 1. The van der Waals surface area contributed by atoms with E-state index >= 15 is 0 Å². The van der Waals surface area contributed by atoms with Gasteiger partial charge in [-0.1, -0.05) is 12.8 Å². The highest BCUT2D eigenvalue weighted by Crippen LogP contribution is 2.52. The molecule has 2 saturated carbocycles. The van der Waals surface area contributed by atoms with Gasteiger partial charge in [0, 0.05) is 0 Å². The first-order chi connectivity index (χ1) is 5.35. The lowest BCUT2D eigenvalue weighted by Crippen LogP contribution is -2.15. The van der Waals surface area contributed by atoms with Gasteiger partial charge in [-0.2, -0.15) is 0 Å². The van der Waals surface area contributed by atoms with Gasteiger partial charge in [-0.25, -0.2) is 0 Å². The molecule has 2 aliphatic rings. The van der Waals surface area contributed by atoms with Crippen LogP contribution in [-0.4, -0.2) is 6.54 Å². The van der Waals surface area contributed by atoms with Crippen LogP contribution in [0, 0.1) is 11.3 Å². The lowest BCUT2D eigenvalue weighted by molar-refractivity contribution is 0.295. The van der Waals surface area contributed by atoms with Crippen LogP contribution in [0.1, 0.15) is 44.9 Å². The minimum Gasteiger partial charge on any atom is -0.330 e. The van der Waals surface area contributed by atoms with E-state index in [0.717, 1.165) is 17.9 Å². The summed E-state index contributed by atoms with van der Waals surface area (Å²) in [7, 11) is 0. The van der Waals surface area contributed by atoms with E-state index in [4.69, 9.17) is 5.73 Å². The molecule has 0 aromatic carbocycles. The van der Waals surface area contributed by atoms with Gasteiger partial charge in [0.15, 0.2) is 0 Å². The summed E-state index contributed by atoms with van der Waals surface area (Å²) in [5.74, 6) is 0.869. The van der Waals surface area contributed by atoms with Crippen molar-refractivity contribution < 1.29 is 0 Å². The van der Waals surface area contributed by atoms with Crippen LogP contribution in [0.25, 0.3) is 0 Å². The van der Waals surface area contributed by atoms with Gasteiger partial charge in [0.25, 0.3) is 0 Å². The summed E-state index contributed by atoms with van der Waals surface area (Å²) in [5, 5.41) is 0. The van der Waals surface area contributed by atoms with Crippen molar-refractivity contribution in [3.8, 4) is 0 Å². The topological polar surface area (TPSA) is 26.0 Å². The van der Waals surface area contributed by atoms with Crippen molar-refractivity contribution >= 4 is 12.4 Å². The van der Waals surface area contributed by atoms with Crippen LogP contribution >= 0.6 is 12.4 Å². The normalized spacial score (nSPS) is 32.2. The Morgan fingerprint density at radius 1 is 1.17 bits per heavy atom. The predicted molar refractivity (Wildman–Crippen MR) is 54.5 cm³/mol. The summed E-state index contributed by atoms with van der Waals surface area (Å²) >= 11 is 0. The highest BCUT2D eigenvalue weighted by atomic mass is 35.5. The number of hydrogen-bond donors (Lipinski definition) is 1. The van der Waals surface area contributed by atoms with Crippen molar-refractivity contribution in [3.63, 3.8) is 0 Å². The molecule has 0 saturated heterocycles. The highest BCUT2D eigenvalue weighted by molar-refractivity contribution is 5.85. The molecule has 0 aromatic heterocycles. The Hall–Kier alpha value is 0.250. The Morgan fingerprint density at radius 3 is 2.33 bits per heavy atom. The zero-order valence-corrected chi connectivity index (χ0v) is 8.54. The van der Waals surface area contributed by atoms with Gasteiger partial charge in [0.05, 0.1) is 0 Å². The third-order valence-electron chi connectivity index (χ3n) is 3.80. The first-order valence-corrected chi connectivity index (χ1v) is 5.05. The van der Waals surface area contributed by atoms with Crippen LogP contribution in [-0.2, 0) is 0 Å². The summed E-state index contributed by atoms with van der Waals surface area (Å²) in [5.41, 5.74) is 6.47. The molecule has 0 bridgehead atoms. The molecule has 0 aromatic rings. The molecule has 1 spiro atoms. The van der Waals surface area contributed by atoms with E-state index in [1.54, 1.807) is 0 Å². The van der Waals surface area contributed by atoms with Crippen molar-refractivity contribution in [1.29, 1.82) is 0 Å². The lowest BCUT2D eigenvalue weighted by atomic mass is 9.84. The van der Waals surface area contributed by atoms with E-state index in [-0.39, 0.29) is 12.4 Å². The van der Waals surface area contributed by atoms with Gasteiger partial charge in [0.1, 0.15) is 0 Å². The monoisotopic (exact) mass is 189 g/mol. The SMILES string of the molecule is Cl.NCC1CCC2(CCCC2)C1. The molecule has 1 unspecified atom stereocenters. The minimum absolute atomic E-state index is 0. The lowest BCUT2D eigenvalue weighted by Gasteiger charge is -2.22. The smallest absolute Gasteiger partial charge is 0.00487 e. The van der Waals surface area contributed by atoms with E-state index < -0.39 is 0 Å². The third kappa shape index (κ3) is 1.77. The second kappa shape index (κ2) is 3.97. The fraction of sp³-hybridized carbons (Fsp3) is 1.00. The zero-order chi connectivity index (χ0) is 7.73. The van der Waals surface area contributed by atoms with E-state index in [0.29, 0.717) is 0 Å². The van der Waals surface area contributed by atoms with E-state index in [2.05, 4.69) is 0 Å². The van der Waals surface area contributed by atoms with Gasteiger partial charge in [0.2, 0.25) is 0 Å². The molecule has 12 heavy (non-hydrogen) atoms. The Labute approximate surface area is 81.5 Å². The van der Waals surface area contributed by atoms with E-state index in [1.807, 2.05) is 0 Å². The van der Waals surface area contributed by atoms with E-state index in [9.17, 15) is 0 Å². The van der Waals surface area contributed by atoms with Crippen LogP contribution < -0.4 is 5.73 Å². The minimum atomic E-state index is 0. The summed E-state index contributed by atoms with van der Waals surface area (Å²) < 4.78 is 0. The van der Waals surface area contributed by atoms with Crippen LogP contribution in [0.15, 0.2) is 0 Å². The molecule has 2 N–H and O–H groups in total. The molecule has 0 radical (unpaired) electrons. The van der Waals surface area contributed by atoms with Crippen molar-refractivity contribution in [1.82, 2.24) is 0 Å². The Balaban J connectivity index is 0.000000720. The maximum atomic E-state index is 5.68. The average molecular weight is 190 g/mol. The predicted octanol–water partition coefficient (Wildman–Crippen LogP) is 2.73. The summed E-state index contributed by atoms with van der Waals surface area (Å²) in [6.07, 6.45) is 10.3. The van der Waals surface area contributed by atoms with Gasteiger partial charge < -0.3 is 5.73 Å². The van der Waals surface area contributed by atoms with Crippen molar-refractivity contribution in [2.24, 2.45) is 17.1 Å². The molecule has 1 nitrogen and oxygen atoms in total. The fourth-order valence-electron chi connectivity index (χ4n) is 3.11. The largest absolute Gasteiger partial charge is 0.330 e. The Kier molecular flexibility index (Phi) is 3.42. The molecule has 2 rings (SSSR count). The summed E-state index contributed by atoms with van der Waals surface area (Å²) in [6, 6.07) is 0. The number of nitrogens with two attached hydrogens (primary N) is 1. The average Bonchev–Trinajstić information content (AvgIpc) is 2.62. The molecule has 2 aliphatic carbocycles. The van der Waals surface area contributed by atoms with Crippen molar-refractivity contribution in [2.45, 2.75) is 44.9 Å². The van der Waals surface area contributed by atoms with Crippen LogP contribution in [0.2, 0.25) is 0 Å². The molecule has 0 amide bonds. The molecular formula is C10H20ClN. The quantitative estimate of drug-likeness (QED) is 0.675. The van der Waals surface area contributed by atoms with E-state index in [1.165, 1.54) is 44.9 Å².